The van der Waals surface area contributed by atoms with Gasteiger partial charge in [0, 0.05) is 17.3 Å². The zero-order valence-corrected chi connectivity index (χ0v) is 20.2. The average Bonchev–Trinajstić information content (AvgIpc) is 2.96. The van der Waals surface area contributed by atoms with Crippen molar-refractivity contribution < 1.29 is 19.1 Å². The molecule has 0 amide bonds. The largest absolute Gasteiger partial charge is 0.496 e. The van der Waals surface area contributed by atoms with Gasteiger partial charge >= 0.3 is 5.97 Å². The van der Waals surface area contributed by atoms with E-state index in [1.54, 1.807) is 38.8 Å². The third-order valence-corrected chi connectivity index (χ3v) is 6.39. The first kappa shape index (κ1) is 23.0. The van der Waals surface area contributed by atoms with E-state index in [1.807, 2.05) is 13.8 Å². The number of carbonyl (C=O) groups is 2. The number of thioether (sulfide) groups is 1. The maximum absolute atomic E-state index is 13.0. The molecule has 1 aliphatic heterocycles. The molecule has 0 aromatic carbocycles. The molecule has 33 heavy (non-hydrogen) atoms. The second kappa shape index (κ2) is 8.29. The smallest absolute Gasteiger partial charge is 0.327 e. The van der Waals surface area contributed by atoms with Crippen LogP contribution in [0, 0.1) is 13.8 Å². The van der Waals surface area contributed by atoms with Crippen molar-refractivity contribution in [2.75, 3.05) is 12.8 Å². The summed E-state index contributed by atoms with van der Waals surface area (Å²) in [6, 6.07) is 0. The Bertz CT molecular complexity index is 1280. The molecule has 0 radical (unpaired) electrons. The summed E-state index contributed by atoms with van der Waals surface area (Å²) in [6.45, 7) is 9.44. The van der Waals surface area contributed by atoms with E-state index in [9.17, 15) is 9.59 Å². The number of pyridine rings is 1. The Morgan fingerprint density at radius 1 is 1.30 bits per heavy atom. The number of nitrogens with zero attached hydrogens (tertiary/aromatic N) is 5. The molecule has 10 nitrogen and oxygen atoms in total. The summed E-state index contributed by atoms with van der Waals surface area (Å²) in [5.41, 5.74) is 8.85. The van der Waals surface area contributed by atoms with Gasteiger partial charge in [0.2, 0.25) is 5.95 Å². The van der Waals surface area contributed by atoms with Gasteiger partial charge in [-0.05, 0) is 34.6 Å². The molecular weight excluding hydrogens is 444 g/mol. The van der Waals surface area contributed by atoms with E-state index in [0.29, 0.717) is 28.3 Å². The number of hydrogen-bond acceptors (Lipinski definition) is 10. The van der Waals surface area contributed by atoms with E-state index >= 15 is 0 Å². The van der Waals surface area contributed by atoms with Crippen molar-refractivity contribution in [3.63, 3.8) is 0 Å². The van der Waals surface area contributed by atoms with Crippen molar-refractivity contribution in [2.45, 2.75) is 63.5 Å². The van der Waals surface area contributed by atoms with Gasteiger partial charge in [0.1, 0.15) is 16.4 Å². The van der Waals surface area contributed by atoms with Crippen molar-refractivity contribution in [3.05, 3.63) is 28.7 Å². The highest BCUT2D eigenvalue weighted by molar-refractivity contribution is 8.01. The van der Waals surface area contributed by atoms with Crippen LogP contribution in [-0.2, 0) is 27.3 Å². The lowest BCUT2D eigenvalue weighted by Gasteiger charge is -2.22. The molecule has 2 N–H and O–H groups in total. The fraction of sp³-hybridized carbons (Fsp3) is 0.455. The molecule has 1 atom stereocenters. The molecule has 0 bridgehead atoms. The second-order valence-electron chi connectivity index (χ2n) is 8.91. The van der Waals surface area contributed by atoms with Crippen LogP contribution < -0.4 is 10.5 Å². The Kier molecular flexibility index (Phi) is 5.77. The molecule has 174 valence electrons. The third kappa shape index (κ3) is 4.37. The van der Waals surface area contributed by atoms with Gasteiger partial charge < -0.3 is 15.2 Å². The minimum Gasteiger partial charge on any atom is -0.496 e. The topological polar surface area (TPSA) is 135 Å². The molecule has 0 aliphatic carbocycles. The van der Waals surface area contributed by atoms with Crippen molar-refractivity contribution in [1.82, 2.24) is 24.7 Å². The van der Waals surface area contributed by atoms with Gasteiger partial charge in [-0.1, -0.05) is 11.8 Å². The summed E-state index contributed by atoms with van der Waals surface area (Å²) in [7, 11) is 1.62. The Morgan fingerprint density at radius 3 is 2.70 bits per heavy atom. The molecule has 0 fully saturated rings. The molecular formula is C22H26N6O4S. The molecule has 1 unspecified atom stereocenters. The number of Topliss-reactive ketones (excluding diaryl/α,β-unsaturated/α-hetero) is 1. The molecule has 0 spiro atoms. The normalized spacial score (nSPS) is 16.1. The molecule has 4 rings (SSSR count). The van der Waals surface area contributed by atoms with Crippen molar-refractivity contribution in [2.24, 2.45) is 0 Å². The number of rotatable bonds is 4. The van der Waals surface area contributed by atoms with Crippen molar-refractivity contribution in [1.29, 1.82) is 0 Å². The summed E-state index contributed by atoms with van der Waals surface area (Å²) in [5.74, 6) is -0.115. The minimum atomic E-state index is -1.05. The Hall–Kier alpha value is -3.21. The van der Waals surface area contributed by atoms with E-state index in [-0.39, 0.29) is 18.2 Å². The quantitative estimate of drug-likeness (QED) is 0.344. The van der Waals surface area contributed by atoms with Gasteiger partial charge in [0.05, 0.1) is 36.8 Å². The first-order valence-corrected chi connectivity index (χ1v) is 11.3. The maximum atomic E-state index is 13.0. The van der Waals surface area contributed by atoms with Crippen LogP contribution in [0.1, 0.15) is 43.3 Å². The number of aromatic nitrogens is 5. The predicted molar refractivity (Wildman–Crippen MR) is 123 cm³/mol. The van der Waals surface area contributed by atoms with Gasteiger partial charge in [-0.2, -0.15) is 10.1 Å². The number of hydrogen-bond donors (Lipinski definition) is 1. The average molecular weight is 471 g/mol. The van der Waals surface area contributed by atoms with E-state index in [4.69, 9.17) is 15.2 Å². The zero-order valence-electron chi connectivity index (χ0n) is 19.4. The lowest BCUT2D eigenvalue weighted by atomic mass is 10.1. The van der Waals surface area contributed by atoms with E-state index in [0.717, 1.165) is 34.3 Å². The van der Waals surface area contributed by atoms with Gasteiger partial charge in [-0.3, -0.25) is 14.6 Å². The molecule has 3 aromatic heterocycles. The number of nitrogens with two attached hydrogens (primary N) is 1. The highest BCUT2D eigenvalue weighted by atomic mass is 32.2. The predicted octanol–water partition coefficient (Wildman–Crippen LogP) is 2.40. The Morgan fingerprint density at radius 2 is 2.03 bits per heavy atom. The van der Waals surface area contributed by atoms with E-state index < -0.39 is 16.8 Å². The minimum absolute atomic E-state index is 0.0288. The van der Waals surface area contributed by atoms with Crippen LogP contribution in [0.5, 0.6) is 5.75 Å². The van der Waals surface area contributed by atoms with Gasteiger partial charge in [-0.25, -0.2) is 9.67 Å². The Labute approximate surface area is 195 Å². The maximum Gasteiger partial charge on any atom is 0.327 e. The Balaban J connectivity index is 1.77. The monoisotopic (exact) mass is 470 g/mol. The molecule has 11 heteroatoms. The fourth-order valence-corrected chi connectivity index (χ4v) is 4.84. The zero-order chi connectivity index (χ0) is 24.1. The number of anilines is 1. The first-order chi connectivity index (χ1) is 15.5. The number of nitrogen functional groups attached to an aromatic ring is 1. The summed E-state index contributed by atoms with van der Waals surface area (Å²) < 4.78 is 12.6. The number of esters is 1. The lowest BCUT2D eigenvalue weighted by molar-refractivity contribution is -0.155. The van der Waals surface area contributed by atoms with E-state index in [1.165, 1.54) is 0 Å². The van der Waals surface area contributed by atoms with Crippen LogP contribution in [0.15, 0.2) is 11.2 Å². The number of aryl methyl sites for hydroxylation is 1. The van der Waals surface area contributed by atoms with Crippen molar-refractivity contribution in [3.8, 4) is 5.75 Å². The molecule has 3 aromatic rings. The summed E-state index contributed by atoms with van der Waals surface area (Å²) in [6.07, 6.45) is 1.71. The number of ketones is 1. The molecule has 0 saturated heterocycles. The first-order valence-electron chi connectivity index (χ1n) is 10.4. The molecule has 0 saturated carbocycles. The summed E-state index contributed by atoms with van der Waals surface area (Å²) in [5, 5.41) is 4.65. The fourth-order valence-electron chi connectivity index (χ4n) is 3.79. The van der Waals surface area contributed by atoms with Gasteiger partial charge in [0.15, 0.2) is 16.7 Å². The summed E-state index contributed by atoms with van der Waals surface area (Å²) >= 11 is 1.03. The van der Waals surface area contributed by atoms with Gasteiger partial charge in [-0.15, -0.1) is 0 Å². The highest BCUT2D eigenvalue weighted by Gasteiger charge is 2.37. The lowest BCUT2D eigenvalue weighted by Crippen LogP contribution is -2.35. The molecule has 4 heterocycles. The second-order valence-corrected chi connectivity index (χ2v) is 10.0. The molecule has 1 aliphatic rings. The van der Waals surface area contributed by atoms with Crippen LogP contribution in [0.2, 0.25) is 0 Å². The van der Waals surface area contributed by atoms with Crippen LogP contribution >= 0.6 is 11.8 Å². The van der Waals surface area contributed by atoms with Crippen LogP contribution in [0.4, 0.5) is 5.95 Å². The van der Waals surface area contributed by atoms with E-state index in [2.05, 4.69) is 20.1 Å². The summed E-state index contributed by atoms with van der Waals surface area (Å²) in [4.78, 5) is 38.9. The third-order valence-electron chi connectivity index (χ3n) is 5.18. The van der Waals surface area contributed by atoms with Crippen LogP contribution in [0.3, 0.4) is 0 Å². The number of ether oxygens (including phenoxy) is 2. The number of carbonyl (C=O) groups excluding carboxylic acids is 2. The van der Waals surface area contributed by atoms with Crippen LogP contribution in [0.25, 0.3) is 11.0 Å². The van der Waals surface area contributed by atoms with Crippen LogP contribution in [-0.4, -0.2) is 54.4 Å². The van der Waals surface area contributed by atoms with Crippen molar-refractivity contribution >= 4 is 40.5 Å². The SMILES string of the molecule is COc1c(C)cnc(Cn2nc3c4c(nc(N)nc42)SC(C(=O)OC(C)(C)C)C(=O)C3)c1C. The number of methoxy groups -OCH3 is 1. The highest BCUT2D eigenvalue weighted by Crippen LogP contribution is 2.37. The standard InChI is InChI=1S/C22H26N6O4S/c1-10-8-24-13(11(2)16(10)31-6)9-28-18-15-12(27-28)7-14(29)17(20(30)32-22(3,4)5)33-19(15)26-21(23)25-18/h8,17H,7,9H2,1-6H3,(H2,23,25,26). The van der Waals surface area contributed by atoms with Gasteiger partial charge in [0.25, 0.3) is 0 Å².